The fourth-order valence-corrected chi connectivity index (χ4v) is 4.07. The molecule has 2 rings (SSSR count). The van der Waals surface area contributed by atoms with Gasteiger partial charge in [0.15, 0.2) is 0 Å². The van der Waals surface area contributed by atoms with E-state index in [0.717, 1.165) is 31.7 Å². The molecule has 0 aromatic carbocycles. The molecule has 8 heteroatoms. The van der Waals surface area contributed by atoms with Crippen molar-refractivity contribution in [2.45, 2.75) is 45.4 Å². The SMILES string of the molecule is CCCN(CCC)c1ccc(NS(=O)(=O)c2c(C)n[nH]c2C)cn1. The van der Waals surface area contributed by atoms with Crippen molar-refractivity contribution in [1.82, 2.24) is 15.2 Å². The molecule has 0 unspecified atom stereocenters. The van der Waals surface area contributed by atoms with Crippen LogP contribution in [-0.2, 0) is 10.0 Å². The van der Waals surface area contributed by atoms with Crippen molar-refractivity contribution in [2.75, 3.05) is 22.7 Å². The summed E-state index contributed by atoms with van der Waals surface area (Å²) in [6, 6.07) is 3.58. The Labute approximate surface area is 143 Å². The van der Waals surface area contributed by atoms with Gasteiger partial charge in [0, 0.05) is 13.1 Å². The maximum Gasteiger partial charge on any atom is 0.265 e. The first kappa shape index (κ1) is 18.3. The molecule has 2 aromatic heterocycles. The van der Waals surface area contributed by atoms with Gasteiger partial charge in [-0.1, -0.05) is 13.8 Å². The lowest BCUT2D eigenvalue weighted by atomic mass is 10.3. The summed E-state index contributed by atoms with van der Waals surface area (Å²) < 4.78 is 27.6. The molecule has 0 radical (unpaired) electrons. The summed E-state index contributed by atoms with van der Waals surface area (Å²) in [6.45, 7) is 9.45. The van der Waals surface area contributed by atoms with Gasteiger partial charge in [0.1, 0.15) is 10.7 Å². The summed E-state index contributed by atoms with van der Waals surface area (Å²) in [5.74, 6) is 0.859. The van der Waals surface area contributed by atoms with E-state index in [1.54, 1.807) is 26.1 Å². The van der Waals surface area contributed by atoms with Crippen LogP contribution in [0, 0.1) is 13.8 Å². The van der Waals surface area contributed by atoms with Gasteiger partial charge in [0.05, 0.1) is 23.3 Å². The minimum absolute atomic E-state index is 0.185. The normalized spacial score (nSPS) is 11.5. The Morgan fingerprint density at radius 3 is 2.29 bits per heavy atom. The summed E-state index contributed by atoms with van der Waals surface area (Å²) in [6.07, 6.45) is 3.63. The second-order valence-electron chi connectivity index (χ2n) is 5.76. The van der Waals surface area contributed by atoms with Gasteiger partial charge in [-0.15, -0.1) is 0 Å². The van der Waals surface area contributed by atoms with E-state index in [1.165, 1.54) is 0 Å². The number of H-pyrrole nitrogens is 1. The highest BCUT2D eigenvalue weighted by molar-refractivity contribution is 7.92. The van der Waals surface area contributed by atoms with Crippen molar-refractivity contribution in [1.29, 1.82) is 0 Å². The zero-order valence-electron chi connectivity index (χ0n) is 14.6. The predicted molar refractivity (Wildman–Crippen MR) is 95.9 cm³/mol. The second kappa shape index (κ2) is 7.65. The largest absolute Gasteiger partial charge is 0.357 e. The Bertz CT molecular complexity index is 743. The van der Waals surface area contributed by atoms with E-state index in [9.17, 15) is 8.42 Å². The van der Waals surface area contributed by atoms with Crippen molar-refractivity contribution in [3.8, 4) is 0 Å². The van der Waals surface area contributed by atoms with Crippen molar-refractivity contribution in [3.05, 3.63) is 29.7 Å². The van der Waals surface area contributed by atoms with Crippen LogP contribution in [0.3, 0.4) is 0 Å². The predicted octanol–water partition coefficient (Wildman–Crippen LogP) is 2.85. The molecule has 0 atom stereocenters. The number of rotatable bonds is 8. The monoisotopic (exact) mass is 351 g/mol. The van der Waals surface area contributed by atoms with Crippen LogP contribution >= 0.6 is 0 Å². The van der Waals surface area contributed by atoms with Gasteiger partial charge in [-0.05, 0) is 38.8 Å². The smallest absolute Gasteiger partial charge is 0.265 e. The summed E-state index contributed by atoms with van der Waals surface area (Å²) in [5, 5.41) is 6.63. The Morgan fingerprint density at radius 2 is 1.83 bits per heavy atom. The molecule has 0 spiro atoms. The molecular weight excluding hydrogens is 326 g/mol. The summed E-state index contributed by atoms with van der Waals surface area (Å²) in [5.41, 5.74) is 1.40. The Kier molecular flexibility index (Phi) is 5.82. The minimum Gasteiger partial charge on any atom is -0.357 e. The Balaban J connectivity index is 2.19. The average molecular weight is 351 g/mol. The first-order chi connectivity index (χ1) is 11.4. The zero-order chi connectivity index (χ0) is 17.7. The van der Waals surface area contributed by atoms with Crippen molar-refractivity contribution < 1.29 is 8.42 Å². The van der Waals surface area contributed by atoms with E-state index in [1.807, 2.05) is 6.07 Å². The van der Waals surface area contributed by atoms with Crippen LogP contribution in [0.25, 0.3) is 0 Å². The van der Waals surface area contributed by atoms with Gasteiger partial charge >= 0.3 is 0 Å². The van der Waals surface area contributed by atoms with E-state index in [4.69, 9.17) is 0 Å². The zero-order valence-corrected chi connectivity index (χ0v) is 15.4. The minimum atomic E-state index is -3.68. The topological polar surface area (TPSA) is 91.0 Å². The van der Waals surface area contributed by atoms with Gasteiger partial charge in [0.2, 0.25) is 0 Å². The van der Waals surface area contributed by atoms with E-state index >= 15 is 0 Å². The number of aryl methyl sites for hydroxylation is 2. The van der Waals surface area contributed by atoms with E-state index in [-0.39, 0.29) is 4.90 Å². The van der Waals surface area contributed by atoms with Gasteiger partial charge in [0.25, 0.3) is 10.0 Å². The van der Waals surface area contributed by atoms with Crippen molar-refractivity contribution in [3.63, 3.8) is 0 Å². The lowest BCUT2D eigenvalue weighted by molar-refractivity contribution is 0.600. The first-order valence-electron chi connectivity index (χ1n) is 8.14. The molecule has 24 heavy (non-hydrogen) atoms. The van der Waals surface area contributed by atoms with Crippen molar-refractivity contribution in [2.24, 2.45) is 0 Å². The fraction of sp³-hybridized carbons (Fsp3) is 0.500. The molecule has 0 saturated heterocycles. The van der Waals surface area contributed by atoms with Crippen LogP contribution in [0.15, 0.2) is 23.2 Å². The quantitative estimate of drug-likeness (QED) is 0.763. The molecule has 0 aliphatic carbocycles. The highest BCUT2D eigenvalue weighted by atomic mass is 32.2. The maximum absolute atomic E-state index is 12.5. The van der Waals surface area contributed by atoms with Crippen LogP contribution in [0.4, 0.5) is 11.5 Å². The molecule has 0 amide bonds. The molecule has 2 aromatic rings. The molecule has 0 aliphatic heterocycles. The molecule has 2 heterocycles. The van der Waals surface area contributed by atoms with Crippen LogP contribution in [0.2, 0.25) is 0 Å². The fourth-order valence-electron chi connectivity index (χ4n) is 2.66. The maximum atomic E-state index is 12.5. The molecule has 0 aliphatic rings. The molecule has 2 N–H and O–H groups in total. The number of anilines is 2. The number of hydrogen-bond donors (Lipinski definition) is 2. The molecule has 0 fully saturated rings. The Hall–Kier alpha value is -2.09. The number of sulfonamides is 1. The standard InChI is InChI=1S/C16H25N5O2S/c1-5-9-21(10-6-2)15-8-7-14(11-17-15)20-24(22,23)16-12(3)18-19-13(16)4/h7-8,11,20H,5-6,9-10H2,1-4H3,(H,18,19). The third kappa shape index (κ3) is 4.05. The number of pyridine rings is 1. The van der Waals surface area contributed by atoms with Gasteiger partial charge < -0.3 is 4.90 Å². The lowest BCUT2D eigenvalue weighted by Gasteiger charge is -2.22. The van der Waals surface area contributed by atoms with Gasteiger partial charge in [-0.2, -0.15) is 5.10 Å². The molecule has 7 nitrogen and oxygen atoms in total. The first-order valence-corrected chi connectivity index (χ1v) is 9.62. The Morgan fingerprint density at radius 1 is 1.17 bits per heavy atom. The van der Waals surface area contributed by atoms with Crippen LogP contribution in [0.5, 0.6) is 0 Å². The second-order valence-corrected chi connectivity index (χ2v) is 7.38. The summed E-state index contributed by atoms with van der Waals surface area (Å²) in [4.78, 5) is 6.78. The number of nitrogens with zero attached hydrogens (tertiary/aromatic N) is 3. The van der Waals surface area contributed by atoms with Gasteiger partial charge in [-0.25, -0.2) is 13.4 Å². The van der Waals surface area contributed by atoms with E-state index in [2.05, 4.69) is 38.7 Å². The number of hydrogen-bond acceptors (Lipinski definition) is 5. The van der Waals surface area contributed by atoms with E-state index in [0.29, 0.717) is 17.1 Å². The highest BCUT2D eigenvalue weighted by Crippen LogP contribution is 2.21. The third-order valence-corrected chi connectivity index (χ3v) is 5.28. The van der Waals surface area contributed by atoms with Crippen LogP contribution in [0.1, 0.15) is 38.1 Å². The lowest BCUT2D eigenvalue weighted by Crippen LogP contribution is -2.25. The molecule has 132 valence electrons. The number of aromatic nitrogens is 3. The van der Waals surface area contributed by atoms with Crippen LogP contribution < -0.4 is 9.62 Å². The van der Waals surface area contributed by atoms with Gasteiger partial charge in [-0.3, -0.25) is 9.82 Å². The summed E-state index contributed by atoms with van der Waals surface area (Å²) >= 11 is 0. The molecule has 0 saturated carbocycles. The summed E-state index contributed by atoms with van der Waals surface area (Å²) in [7, 11) is -3.68. The molecular formula is C16H25N5O2S. The number of aromatic amines is 1. The van der Waals surface area contributed by atoms with Crippen molar-refractivity contribution >= 4 is 21.5 Å². The number of nitrogens with one attached hydrogen (secondary N) is 2. The van der Waals surface area contributed by atoms with Crippen LogP contribution in [-0.4, -0.2) is 36.7 Å². The molecule has 0 bridgehead atoms. The third-order valence-electron chi connectivity index (χ3n) is 3.64. The average Bonchev–Trinajstić information content (AvgIpc) is 2.87. The highest BCUT2D eigenvalue weighted by Gasteiger charge is 2.22. The van der Waals surface area contributed by atoms with E-state index < -0.39 is 10.0 Å².